The Bertz CT molecular complexity index is 221. The molecule has 2 nitrogen and oxygen atoms in total. The van der Waals surface area contributed by atoms with Crippen LogP contribution in [0.4, 0.5) is 0 Å². The summed E-state index contributed by atoms with van der Waals surface area (Å²) in [5.41, 5.74) is 0. The van der Waals surface area contributed by atoms with Crippen LogP contribution in [0.5, 0.6) is 0 Å². The van der Waals surface area contributed by atoms with Gasteiger partial charge in [-0.2, -0.15) is 12.6 Å². The van der Waals surface area contributed by atoms with Gasteiger partial charge in [-0.3, -0.25) is 4.79 Å². The SMILES string of the molecule is CCCNC(=O)CCCCCCCCCCCCCCS. The van der Waals surface area contributed by atoms with Crippen molar-refractivity contribution < 1.29 is 4.79 Å². The molecule has 126 valence electrons. The van der Waals surface area contributed by atoms with Crippen LogP contribution in [0.15, 0.2) is 0 Å². The van der Waals surface area contributed by atoms with E-state index in [2.05, 4.69) is 24.9 Å². The molecule has 1 amide bonds. The number of thiol groups is 1. The van der Waals surface area contributed by atoms with Gasteiger partial charge in [0.1, 0.15) is 0 Å². The average Bonchev–Trinajstić information content (AvgIpc) is 2.49. The van der Waals surface area contributed by atoms with Crippen molar-refractivity contribution in [3.05, 3.63) is 0 Å². The summed E-state index contributed by atoms with van der Waals surface area (Å²) in [6.07, 6.45) is 17.7. The first-order valence-corrected chi connectivity index (χ1v) is 9.82. The van der Waals surface area contributed by atoms with E-state index in [1.807, 2.05) is 0 Å². The van der Waals surface area contributed by atoms with E-state index < -0.39 is 0 Å². The molecule has 0 heterocycles. The van der Waals surface area contributed by atoms with E-state index in [1.165, 1.54) is 70.6 Å². The molecule has 0 saturated heterocycles. The second-order valence-corrected chi connectivity index (χ2v) is 6.51. The zero-order chi connectivity index (χ0) is 15.6. The summed E-state index contributed by atoms with van der Waals surface area (Å²) in [5, 5.41) is 2.93. The van der Waals surface area contributed by atoms with Crippen molar-refractivity contribution in [2.45, 2.75) is 96.8 Å². The summed E-state index contributed by atoms with van der Waals surface area (Å²) in [7, 11) is 0. The van der Waals surface area contributed by atoms with Gasteiger partial charge in [-0.1, -0.05) is 71.1 Å². The first-order valence-electron chi connectivity index (χ1n) is 9.18. The Balaban J connectivity index is 3.04. The Hall–Kier alpha value is -0.180. The monoisotopic (exact) mass is 315 g/mol. The van der Waals surface area contributed by atoms with Crippen molar-refractivity contribution in [3.63, 3.8) is 0 Å². The lowest BCUT2D eigenvalue weighted by molar-refractivity contribution is -0.121. The first kappa shape index (κ1) is 20.8. The van der Waals surface area contributed by atoms with E-state index in [4.69, 9.17) is 0 Å². The summed E-state index contributed by atoms with van der Waals surface area (Å²) >= 11 is 4.23. The third-order valence-electron chi connectivity index (χ3n) is 3.88. The molecule has 0 fully saturated rings. The molecular formula is C18H37NOS. The maximum atomic E-state index is 11.4. The molecule has 0 spiro atoms. The van der Waals surface area contributed by atoms with Crippen LogP contribution in [0.2, 0.25) is 0 Å². The fourth-order valence-corrected chi connectivity index (χ4v) is 2.74. The number of nitrogens with one attached hydrogen (secondary N) is 1. The van der Waals surface area contributed by atoms with Gasteiger partial charge in [0.2, 0.25) is 5.91 Å². The summed E-state index contributed by atoms with van der Waals surface area (Å²) in [5.74, 6) is 1.27. The van der Waals surface area contributed by atoms with Crippen molar-refractivity contribution in [2.24, 2.45) is 0 Å². The van der Waals surface area contributed by atoms with Crippen LogP contribution in [0, 0.1) is 0 Å². The van der Waals surface area contributed by atoms with E-state index >= 15 is 0 Å². The summed E-state index contributed by atoms with van der Waals surface area (Å²) in [4.78, 5) is 11.4. The van der Waals surface area contributed by atoms with E-state index in [0.29, 0.717) is 6.42 Å². The molecule has 0 aliphatic carbocycles. The lowest BCUT2D eigenvalue weighted by Crippen LogP contribution is -2.23. The van der Waals surface area contributed by atoms with Gasteiger partial charge in [-0.05, 0) is 25.0 Å². The van der Waals surface area contributed by atoms with Crippen molar-refractivity contribution in [2.75, 3.05) is 12.3 Å². The van der Waals surface area contributed by atoms with Crippen LogP contribution < -0.4 is 5.32 Å². The van der Waals surface area contributed by atoms with Gasteiger partial charge in [0, 0.05) is 13.0 Å². The predicted octanol–water partition coefficient (Wildman–Crippen LogP) is 5.51. The third kappa shape index (κ3) is 17.8. The van der Waals surface area contributed by atoms with E-state index in [0.717, 1.165) is 25.1 Å². The molecule has 0 rings (SSSR count). The number of hydrogen-bond donors (Lipinski definition) is 2. The highest BCUT2D eigenvalue weighted by Gasteiger charge is 1.99. The molecule has 0 unspecified atom stereocenters. The minimum Gasteiger partial charge on any atom is -0.356 e. The molecule has 0 atom stereocenters. The summed E-state index contributed by atoms with van der Waals surface area (Å²) in [6.45, 7) is 2.91. The van der Waals surface area contributed by atoms with Gasteiger partial charge >= 0.3 is 0 Å². The normalized spacial score (nSPS) is 10.8. The molecule has 0 aliphatic rings. The summed E-state index contributed by atoms with van der Waals surface area (Å²) < 4.78 is 0. The van der Waals surface area contributed by atoms with Gasteiger partial charge in [0.25, 0.3) is 0 Å². The highest BCUT2D eigenvalue weighted by molar-refractivity contribution is 7.80. The Morgan fingerprint density at radius 3 is 1.62 bits per heavy atom. The van der Waals surface area contributed by atoms with E-state index in [1.54, 1.807) is 0 Å². The van der Waals surface area contributed by atoms with Gasteiger partial charge < -0.3 is 5.32 Å². The maximum absolute atomic E-state index is 11.4. The molecule has 3 heteroatoms. The average molecular weight is 316 g/mol. The number of unbranched alkanes of at least 4 members (excludes halogenated alkanes) is 11. The second kappa shape index (κ2) is 17.9. The molecule has 1 N–H and O–H groups in total. The van der Waals surface area contributed by atoms with Crippen LogP contribution >= 0.6 is 12.6 Å². The Morgan fingerprint density at radius 1 is 0.762 bits per heavy atom. The number of carbonyl (C=O) groups excluding carboxylic acids is 1. The fraction of sp³-hybridized carbons (Fsp3) is 0.944. The molecule has 0 aromatic heterocycles. The van der Waals surface area contributed by atoms with Crippen LogP contribution in [-0.4, -0.2) is 18.2 Å². The molecule has 0 radical (unpaired) electrons. The lowest BCUT2D eigenvalue weighted by atomic mass is 10.0. The maximum Gasteiger partial charge on any atom is 0.219 e. The first-order chi connectivity index (χ1) is 10.3. The quantitative estimate of drug-likeness (QED) is 0.285. The Labute approximate surface area is 138 Å². The van der Waals surface area contributed by atoms with E-state index in [-0.39, 0.29) is 5.91 Å². The van der Waals surface area contributed by atoms with E-state index in [9.17, 15) is 4.79 Å². The number of carbonyl (C=O) groups is 1. The molecule has 21 heavy (non-hydrogen) atoms. The van der Waals surface area contributed by atoms with Crippen LogP contribution in [0.25, 0.3) is 0 Å². The Kier molecular flexibility index (Phi) is 17.7. The predicted molar refractivity (Wildman–Crippen MR) is 97.2 cm³/mol. The fourth-order valence-electron chi connectivity index (χ4n) is 2.52. The molecule has 0 aliphatic heterocycles. The second-order valence-electron chi connectivity index (χ2n) is 6.07. The molecule has 0 saturated carbocycles. The number of amides is 1. The molecular weight excluding hydrogens is 278 g/mol. The largest absolute Gasteiger partial charge is 0.356 e. The van der Waals surface area contributed by atoms with Gasteiger partial charge in [-0.25, -0.2) is 0 Å². The third-order valence-corrected chi connectivity index (χ3v) is 4.20. The van der Waals surface area contributed by atoms with Crippen LogP contribution in [0.1, 0.15) is 96.8 Å². The highest BCUT2D eigenvalue weighted by atomic mass is 32.1. The topological polar surface area (TPSA) is 29.1 Å². The smallest absolute Gasteiger partial charge is 0.219 e. The van der Waals surface area contributed by atoms with Gasteiger partial charge in [0.05, 0.1) is 0 Å². The van der Waals surface area contributed by atoms with Crippen LogP contribution in [-0.2, 0) is 4.79 Å². The molecule has 0 aromatic carbocycles. The zero-order valence-corrected chi connectivity index (χ0v) is 15.1. The Morgan fingerprint density at radius 2 is 1.19 bits per heavy atom. The minimum atomic E-state index is 0.231. The molecule has 0 aromatic rings. The van der Waals surface area contributed by atoms with Gasteiger partial charge in [-0.15, -0.1) is 0 Å². The molecule has 0 bridgehead atoms. The standard InChI is InChI=1S/C18H37NOS/c1-2-16-19-18(20)15-13-11-9-7-5-3-4-6-8-10-12-14-17-21/h21H,2-17H2,1H3,(H,19,20). The van der Waals surface area contributed by atoms with Crippen molar-refractivity contribution in [1.82, 2.24) is 5.32 Å². The van der Waals surface area contributed by atoms with Crippen molar-refractivity contribution in [1.29, 1.82) is 0 Å². The highest BCUT2D eigenvalue weighted by Crippen LogP contribution is 2.12. The lowest BCUT2D eigenvalue weighted by Gasteiger charge is -2.04. The van der Waals surface area contributed by atoms with Gasteiger partial charge in [0.15, 0.2) is 0 Å². The van der Waals surface area contributed by atoms with Crippen molar-refractivity contribution in [3.8, 4) is 0 Å². The summed E-state index contributed by atoms with van der Waals surface area (Å²) in [6, 6.07) is 0. The number of hydrogen-bond acceptors (Lipinski definition) is 2. The van der Waals surface area contributed by atoms with Crippen molar-refractivity contribution >= 4 is 18.5 Å². The zero-order valence-electron chi connectivity index (χ0n) is 14.2. The van der Waals surface area contributed by atoms with Crippen LogP contribution in [0.3, 0.4) is 0 Å². The minimum absolute atomic E-state index is 0.231. The number of rotatable bonds is 16.